The molecule has 0 radical (unpaired) electrons. The number of nitrogens with one attached hydrogen (secondary N) is 1. The van der Waals surface area contributed by atoms with Crippen molar-refractivity contribution in [2.75, 3.05) is 20.2 Å². The minimum absolute atomic E-state index is 0.0434. The van der Waals surface area contributed by atoms with Crippen LogP contribution in [-0.4, -0.2) is 35.6 Å². The van der Waals surface area contributed by atoms with Crippen LogP contribution >= 0.6 is 0 Å². The topological polar surface area (TPSA) is 46.5 Å². The van der Waals surface area contributed by atoms with Gasteiger partial charge in [0.2, 0.25) is 5.91 Å². The molecule has 1 N–H and O–H groups in total. The zero-order chi connectivity index (χ0) is 21.8. The maximum absolute atomic E-state index is 12.8. The first-order valence-electron chi connectivity index (χ1n) is 11.3. The van der Waals surface area contributed by atoms with Gasteiger partial charge in [0.05, 0.1) is 13.2 Å². The number of rotatable bonds is 7. The molecule has 31 heavy (non-hydrogen) atoms. The number of nitrogens with zero attached hydrogens (tertiary/aromatic N) is 2. The van der Waals surface area contributed by atoms with Crippen molar-refractivity contribution in [1.29, 1.82) is 0 Å². The molecule has 2 aromatic carbocycles. The number of benzene rings is 2. The van der Waals surface area contributed by atoms with E-state index in [4.69, 9.17) is 4.74 Å². The Morgan fingerprint density at radius 1 is 1.16 bits per heavy atom. The number of amides is 1. The molecule has 0 spiro atoms. The Kier molecular flexibility index (Phi) is 6.62. The average molecular weight is 420 g/mol. The van der Waals surface area contributed by atoms with Crippen LogP contribution in [0.15, 0.2) is 54.7 Å². The van der Waals surface area contributed by atoms with Crippen molar-refractivity contribution in [2.24, 2.45) is 5.92 Å². The van der Waals surface area contributed by atoms with Crippen LogP contribution < -0.4 is 10.1 Å². The molecule has 1 aliphatic rings. The Hall–Kier alpha value is -2.79. The van der Waals surface area contributed by atoms with Crippen LogP contribution in [0.2, 0.25) is 0 Å². The molecular weight excluding hydrogens is 386 g/mol. The normalized spacial score (nSPS) is 16.4. The summed E-state index contributed by atoms with van der Waals surface area (Å²) < 4.78 is 7.75. The molecule has 1 amide bonds. The predicted octanol–water partition coefficient (Wildman–Crippen LogP) is 4.76. The Morgan fingerprint density at radius 3 is 2.58 bits per heavy atom. The highest BCUT2D eigenvalue weighted by Gasteiger charge is 2.26. The molecule has 1 fully saturated rings. The molecule has 5 heteroatoms. The quantitative estimate of drug-likeness (QED) is 0.601. The maximum atomic E-state index is 12.8. The van der Waals surface area contributed by atoms with Crippen molar-refractivity contribution in [1.82, 2.24) is 14.8 Å². The van der Waals surface area contributed by atoms with Gasteiger partial charge in [0, 0.05) is 36.1 Å². The highest BCUT2D eigenvalue weighted by atomic mass is 16.5. The van der Waals surface area contributed by atoms with E-state index in [0.717, 1.165) is 50.3 Å². The smallest absolute Gasteiger partial charge is 0.223 e. The van der Waals surface area contributed by atoms with E-state index in [1.54, 1.807) is 7.11 Å². The van der Waals surface area contributed by atoms with Gasteiger partial charge in [-0.2, -0.15) is 0 Å². The first kappa shape index (κ1) is 21.4. The summed E-state index contributed by atoms with van der Waals surface area (Å²) in [6, 6.07) is 16.5. The predicted molar refractivity (Wildman–Crippen MR) is 125 cm³/mol. The SMILES string of the molecule is CCn1cc(CN2CCC(C(=O)N[C@@H](C)c3ccccc3)CC2)c2cc(OC)ccc21. The summed E-state index contributed by atoms with van der Waals surface area (Å²) in [4.78, 5) is 15.3. The fourth-order valence-electron chi connectivity index (χ4n) is 4.62. The average Bonchev–Trinajstić information content (AvgIpc) is 3.16. The summed E-state index contributed by atoms with van der Waals surface area (Å²) in [5.41, 5.74) is 3.73. The number of aryl methyl sites for hydroxylation is 1. The zero-order valence-electron chi connectivity index (χ0n) is 18.8. The van der Waals surface area contributed by atoms with E-state index in [9.17, 15) is 4.79 Å². The largest absolute Gasteiger partial charge is 0.497 e. The van der Waals surface area contributed by atoms with Crippen LogP contribution in [0.25, 0.3) is 10.9 Å². The Morgan fingerprint density at radius 2 is 1.90 bits per heavy atom. The number of aromatic nitrogens is 1. The van der Waals surface area contributed by atoms with Crippen molar-refractivity contribution < 1.29 is 9.53 Å². The Labute approximate surface area is 185 Å². The van der Waals surface area contributed by atoms with Crippen LogP contribution in [0.1, 0.15) is 43.9 Å². The summed E-state index contributed by atoms with van der Waals surface area (Å²) in [6.45, 7) is 7.98. The standard InChI is InChI=1S/C26H33N3O2/c1-4-29-18-22(24-16-23(31-3)10-11-25(24)29)17-28-14-12-21(13-15-28)26(30)27-19(2)20-8-6-5-7-9-20/h5-11,16,18-19,21H,4,12-15,17H2,1-3H3,(H,27,30)/t19-/m0/s1. The number of methoxy groups -OCH3 is 1. The second kappa shape index (κ2) is 9.56. The van der Waals surface area contributed by atoms with Gasteiger partial charge in [-0.25, -0.2) is 0 Å². The van der Waals surface area contributed by atoms with Gasteiger partial charge < -0.3 is 14.6 Å². The number of hydrogen-bond acceptors (Lipinski definition) is 3. The summed E-state index contributed by atoms with van der Waals surface area (Å²) in [7, 11) is 1.71. The van der Waals surface area contributed by atoms with E-state index in [1.165, 1.54) is 16.5 Å². The van der Waals surface area contributed by atoms with Crippen molar-refractivity contribution in [2.45, 2.75) is 45.8 Å². The van der Waals surface area contributed by atoms with Crippen LogP contribution in [0.5, 0.6) is 5.75 Å². The fraction of sp³-hybridized carbons (Fsp3) is 0.423. The third-order valence-corrected chi connectivity index (χ3v) is 6.52. The molecule has 0 bridgehead atoms. The minimum atomic E-state index is 0.0434. The van der Waals surface area contributed by atoms with Crippen LogP contribution in [0, 0.1) is 5.92 Å². The third kappa shape index (κ3) is 4.77. The molecule has 0 aliphatic carbocycles. The summed E-state index contributed by atoms with van der Waals surface area (Å²) in [6.07, 6.45) is 4.08. The molecule has 3 aromatic rings. The van der Waals surface area contributed by atoms with Crippen molar-refractivity contribution in [3.63, 3.8) is 0 Å². The Bertz CT molecular complexity index is 1020. The molecule has 4 rings (SSSR count). The summed E-state index contributed by atoms with van der Waals surface area (Å²) >= 11 is 0. The van der Waals surface area contributed by atoms with E-state index >= 15 is 0 Å². The van der Waals surface area contributed by atoms with Crippen LogP contribution in [0.3, 0.4) is 0 Å². The lowest BCUT2D eigenvalue weighted by Gasteiger charge is -2.31. The lowest BCUT2D eigenvalue weighted by molar-refractivity contribution is -0.127. The highest BCUT2D eigenvalue weighted by Crippen LogP contribution is 2.28. The number of fused-ring (bicyclic) bond motifs is 1. The van der Waals surface area contributed by atoms with Crippen LogP contribution in [0.4, 0.5) is 0 Å². The van der Waals surface area contributed by atoms with E-state index in [-0.39, 0.29) is 17.9 Å². The monoisotopic (exact) mass is 419 g/mol. The number of ether oxygens (including phenoxy) is 1. The molecule has 1 atom stereocenters. The van der Waals surface area contributed by atoms with Crippen molar-refractivity contribution in [3.8, 4) is 5.75 Å². The molecule has 2 heterocycles. The summed E-state index contributed by atoms with van der Waals surface area (Å²) in [5.74, 6) is 1.17. The van der Waals surface area contributed by atoms with Gasteiger partial charge in [-0.1, -0.05) is 30.3 Å². The number of likely N-dealkylation sites (tertiary alicyclic amines) is 1. The number of carbonyl (C=O) groups excluding carboxylic acids is 1. The second-order valence-corrected chi connectivity index (χ2v) is 8.51. The van der Waals surface area contributed by atoms with Gasteiger partial charge in [0.1, 0.15) is 5.75 Å². The lowest BCUT2D eigenvalue weighted by Crippen LogP contribution is -2.40. The fourth-order valence-corrected chi connectivity index (χ4v) is 4.62. The van der Waals surface area contributed by atoms with Crippen molar-refractivity contribution in [3.05, 3.63) is 65.9 Å². The first-order valence-corrected chi connectivity index (χ1v) is 11.3. The Balaban J connectivity index is 1.36. The molecule has 5 nitrogen and oxygen atoms in total. The lowest BCUT2D eigenvalue weighted by atomic mass is 9.95. The second-order valence-electron chi connectivity index (χ2n) is 8.51. The molecule has 1 saturated heterocycles. The minimum Gasteiger partial charge on any atom is -0.497 e. The number of carbonyl (C=O) groups is 1. The maximum Gasteiger partial charge on any atom is 0.223 e. The van der Waals surface area contributed by atoms with E-state index < -0.39 is 0 Å². The molecule has 164 valence electrons. The van der Waals surface area contributed by atoms with E-state index in [2.05, 4.69) is 59.1 Å². The summed E-state index contributed by atoms with van der Waals surface area (Å²) in [5, 5.41) is 4.47. The number of piperidine rings is 1. The number of hydrogen-bond donors (Lipinski definition) is 1. The van der Waals surface area contributed by atoms with E-state index in [1.807, 2.05) is 24.3 Å². The van der Waals surface area contributed by atoms with Gasteiger partial charge in [-0.05, 0) is 69.1 Å². The molecule has 1 aromatic heterocycles. The van der Waals surface area contributed by atoms with Gasteiger partial charge in [0.15, 0.2) is 0 Å². The molecular formula is C26H33N3O2. The van der Waals surface area contributed by atoms with Gasteiger partial charge >= 0.3 is 0 Å². The molecule has 0 unspecified atom stereocenters. The van der Waals surface area contributed by atoms with Crippen molar-refractivity contribution >= 4 is 16.8 Å². The zero-order valence-corrected chi connectivity index (χ0v) is 18.8. The first-order chi connectivity index (χ1) is 15.1. The molecule has 1 aliphatic heterocycles. The molecule has 0 saturated carbocycles. The highest BCUT2D eigenvalue weighted by molar-refractivity contribution is 5.85. The van der Waals surface area contributed by atoms with Gasteiger partial charge in [-0.15, -0.1) is 0 Å². The van der Waals surface area contributed by atoms with Gasteiger partial charge in [-0.3, -0.25) is 9.69 Å². The van der Waals surface area contributed by atoms with Crippen LogP contribution in [-0.2, 0) is 17.9 Å². The van der Waals surface area contributed by atoms with E-state index in [0.29, 0.717) is 0 Å². The third-order valence-electron chi connectivity index (χ3n) is 6.52. The van der Waals surface area contributed by atoms with Gasteiger partial charge in [0.25, 0.3) is 0 Å².